The van der Waals surface area contributed by atoms with Gasteiger partial charge in [-0.3, -0.25) is 0 Å². The summed E-state index contributed by atoms with van der Waals surface area (Å²) >= 11 is 3.34. The molecule has 1 aromatic rings. The van der Waals surface area contributed by atoms with Crippen molar-refractivity contribution in [1.82, 2.24) is 5.32 Å². The van der Waals surface area contributed by atoms with Crippen molar-refractivity contribution in [2.45, 2.75) is 44.4 Å². The number of furan rings is 1. The summed E-state index contributed by atoms with van der Waals surface area (Å²) < 4.78 is 12.2. The van der Waals surface area contributed by atoms with Crippen LogP contribution in [0.1, 0.15) is 38.0 Å². The molecule has 0 amide bonds. The van der Waals surface area contributed by atoms with E-state index in [2.05, 4.69) is 28.2 Å². The lowest BCUT2D eigenvalue weighted by molar-refractivity contribution is 0.0787. The highest BCUT2D eigenvalue weighted by Gasteiger charge is 2.41. The number of rotatable bonds is 4. The Morgan fingerprint density at radius 1 is 1.35 bits per heavy atom. The fraction of sp³-hybridized carbons (Fsp3) is 0.692. The van der Waals surface area contributed by atoms with Crippen LogP contribution in [0.3, 0.4) is 0 Å². The van der Waals surface area contributed by atoms with Gasteiger partial charge in [0.2, 0.25) is 0 Å². The van der Waals surface area contributed by atoms with Crippen LogP contribution in [0, 0.1) is 5.92 Å². The van der Waals surface area contributed by atoms with Gasteiger partial charge in [-0.1, -0.05) is 0 Å². The summed E-state index contributed by atoms with van der Waals surface area (Å²) in [5.74, 6) is 1.78. The lowest BCUT2D eigenvalue weighted by Gasteiger charge is -2.22. The van der Waals surface area contributed by atoms with Crippen LogP contribution >= 0.6 is 15.9 Å². The third-order valence-corrected chi connectivity index (χ3v) is 4.13. The van der Waals surface area contributed by atoms with Crippen molar-refractivity contribution in [3.8, 4) is 0 Å². The average Bonchev–Trinajstić information content (AvgIpc) is 2.89. The average molecular weight is 300 g/mol. The first-order valence-corrected chi connectivity index (χ1v) is 7.16. The lowest BCUT2D eigenvalue weighted by atomic mass is 10.0. The predicted octanol–water partition coefficient (Wildman–Crippen LogP) is 3.26. The minimum absolute atomic E-state index is 0.245. The topological polar surface area (TPSA) is 34.4 Å². The highest BCUT2D eigenvalue weighted by atomic mass is 79.9. The molecule has 2 heterocycles. The van der Waals surface area contributed by atoms with Gasteiger partial charge in [0.15, 0.2) is 4.67 Å². The molecular weight excluding hydrogens is 282 g/mol. The zero-order valence-corrected chi connectivity index (χ0v) is 11.6. The van der Waals surface area contributed by atoms with Gasteiger partial charge in [0, 0.05) is 12.6 Å². The second kappa shape index (κ2) is 4.75. The molecule has 3 unspecified atom stereocenters. The smallest absolute Gasteiger partial charge is 0.169 e. The Morgan fingerprint density at radius 3 is 2.82 bits per heavy atom. The van der Waals surface area contributed by atoms with Gasteiger partial charge in [-0.25, -0.2) is 0 Å². The summed E-state index contributed by atoms with van der Waals surface area (Å²) in [6.07, 6.45) is 4.22. The fourth-order valence-electron chi connectivity index (χ4n) is 2.64. The fourth-order valence-corrected chi connectivity index (χ4v) is 2.96. The SMILES string of the molecule is CC(NC1CCOC1C1CC1)c1ccc(Br)o1. The largest absolute Gasteiger partial charge is 0.453 e. The van der Waals surface area contributed by atoms with E-state index in [1.54, 1.807) is 0 Å². The van der Waals surface area contributed by atoms with Crippen molar-refractivity contribution in [3.05, 3.63) is 22.6 Å². The molecule has 0 aromatic carbocycles. The molecule has 0 bridgehead atoms. The van der Waals surface area contributed by atoms with Gasteiger partial charge >= 0.3 is 0 Å². The van der Waals surface area contributed by atoms with Crippen molar-refractivity contribution >= 4 is 15.9 Å². The lowest BCUT2D eigenvalue weighted by Crippen LogP contribution is -2.39. The molecule has 4 heteroatoms. The molecule has 1 N–H and O–H groups in total. The molecule has 94 valence electrons. The Balaban J connectivity index is 1.62. The van der Waals surface area contributed by atoms with Gasteiger partial charge in [-0.15, -0.1) is 0 Å². The van der Waals surface area contributed by atoms with Crippen molar-refractivity contribution in [2.75, 3.05) is 6.61 Å². The molecule has 0 radical (unpaired) electrons. The molecule has 2 fully saturated rings. The maximum absolute atomic E-state index is 5.83. The summed E-state index contributed by atoms with van der Waals surface area (Å²) in [6, 6.07) is 4.69. The number of nitrogens with one attached hydrogen (secondary N) is 1. The molecule has 3 nitrogen and oxygen atoms in total. The minimum Gasteiger partial charge on any atom is -0.453 e. The molecular formula is C13H18BrNO2. The van der Waals surface area contributed by atoms with E-state index in [-0.39, 0.29) is 6.04 Å². The molecule has 3 atom stereocenters. The molecule has 1 saturated heterocycles. The van der Waals surface area contributed by atoms with Crippen LogP contribution < -0.4 is 5.32 Å². The standard InChI is InChI=1S/C13H18BrNO2/c1-8(11-4-5-12(14)17-11)15-10-6-7-16-13(10)9-2-3-9/h4-5,8-10,13,15H,2-3,6-7H2,1H3. The monoisotopic (exact) mass is 299 g/mol. The van der Waals surface area contributed by atoms with E-state index in [1.165, 1.54) is 12.8 Å². The van der Waals surface area contributed by atoms with Crippen molar-refractivity contribution in [2.24, 2.45) is 5.92 Å². The van der Waals surface area contributed by atoms with Gasteiger partial charge < -0.3 is 14.5 Å². The zero-order chi connectivity index (χ0) is 11.8. The van der Waals surface area contributed by atoms with Gasteiger partial charge in [-0.2, -0.15) is 0 Å². The van der Waals surface area contributed by atoms with Crippen molar-refractivity contribution < 1.29 is 9.15 Å². The summed E-state index contributed by atoms with van der Waals surface area (Å²) in [6.45, 7) is 3.04. The van der Waals surface area contributed by atoms with E-state index in [0.717, 1.165) is 29.4 Å². The van der Waals surface area contributed by atoms with Gasteiger partial charge in [0.25, 0.3) is 0 Å². The second-order valence-corrected chi connectivity index (χ2v) is 5.88. The third kappa shape index (κ3) is 2.59. The van der Waals surface area contributed by atoms with Gasteiger partial charge in [0.1, 0.15) is 5.76 Å². The normalized spacial score (nSPS) is 30.7. The first-order chi connectivity index (χ1) is 8.24. The zero-order valence-electron chi connectivity index (χ0n) is 9.99. The Bertz CT molecular complexity index is 389. The molecule has 0 spiro atoms. The van der Waals surface area contributed by atoms with Crippen LogP contribution in [0.5, 0.6) is 0 Å². The molecule has 1 aliphatic heterocycles. The Labute approximate surface area is 110 Å². The Kier molecular flexibility index (Phi) is 3.28. The molecule has 1 aromatic heterocycles. The quantitative estimate of drug-likeness (QED) is 0.927. The van der Waals surface area contributed by atoms with E-state index in [9.17, 15) is 0 Å². The molecule has 1 aliphatic carbocycles. The third-order valence-electron chi connectivity index (χ3n) is 3.71. The van der Waals surface area contributed by atoms with E-state index in [0.29, 0.717) is 12.1 Å². The summed E-state index contributed by atoms with van der Waals surface area (Å²) in [5.41, 5.74) is 0. The maximum atomic E-state index is 5.83. The molecule has 17 heavy (non-hydrogen) atoms. The van der Waals surface area contributed by atoms with Crippen LogP contribution in [0.15, 0.2) is 21.2 Å². The highest BCUT2D eigenvalue weighted by Crippen LogP contribution is 2.39. The van der Waals surface area contributed by atoms with Crippen LogP contribution in [-0.2, 0) is 4.74 Å². The van der Waals surface area contributed by atoms with Crippen LogP contribution in [0.4, 0.5) is 0 Å². The molecule has 1 saturated carbocycles. The van der Waals surface area contributed by atoms with Crippen molar-refractivity contribution in [3.63, 3.8) is 0 Å². The van der Waals surface area contributed by atoms with Crippen LogP contribution in [0.25, 0.3) is 0 Å². The summed E-state index contributed by atoms with van der Waals surface area (Å²) in [4.78, 5) is 0. The Hall–Kier alpha value is -0.320. The van der Waals surface area contributed by atoms with Crippen molar-refractivity contribution in [1.29, 1.82) is 0 Å². The van der Waals surface area contributed by atoms with Crippen LogP contribution in [0.2, 0.25) is 0 Å². The number of halogens is 1. The van der Waals surface area contributed by atoms with Gasteiger partial charge in [-0.05, 0) is 60.2 Å². The molecule has 2 aliphatic rings. The predicted molar refractivity (Wildman–Crippen MR) is 68.8 cm³/mol. The van der Waals surface area contributed by atoms with E-state index in [1.807, 2.05) is 12.1 Å². The maximum Gasteiger partial charge on any atom is 0.169 e. The minimum atomic E-state index is 0.245. The first-order valence-electron chi connectivity index (χ1n) is 6.37. The van der Waals surface area contributed by atoms with E-state index < -0.39 is 0 Å². The number of ether oxygens (including phenoxy) is 1. The second-order valence-electron chi connectivity index (χ2n) is 5.10. The summed E-state index contributed by atoms with van der Waals surface area (Å²) in [5, 5.41) is 3.64. The van der Waals surface area contributed by atoms with Crippen LogP contribution in [-0.4, -0.2) is 18.8 Å². The Morgan fingerprint density at radius 2 is 2.18 bits per heavy atom. The summed E-state index contributed by atoms with van der Waals surface area (Å²) in [7, 11) is 0. The van der Waals surface area contributed by atoms with E-state index >= 15 is 0 Å². The van der Waals surface area contributed by atoms with E-state index in [4.69, 9.17) is 9.15 Å². The highest BCUT2D eigenvalue weighted by molar-refractivity contribution is 9.10. The number of hydrogen-bond acceptors (Lipinski definition) is 3. The number of hydrogen-bond donors (Lipinski definition) is 1. The first kappa shape index (κ1) is 11.8. The van der Waals surface area contributed by atoms with Gasteiger partial charge in [0.05, 0.1) is 12.1 Å². The molecule has 3 rings (SSSR count).